The number of aryl methyl sites for hydroxylation is 1. The van der Waals surface area contributed by atoms with E-state index < -0.39 is 6.17 Å². The van der Waals surface area contributed by atoms with Crippen molar-refractivity contribution in [2.45, 2.75) is 32.4 Å². The van der Waals surface area contributed by atoms with Crippen molar-refractivity contribution in [1.82, 2.24) is 19.0 Å². The standard InChI is InChI=1S/C61H45N5O/c1-2-38-37-57(62-60(41-31-32-48-47-25-10-15-30-55(47)67-56(48)36-41)63-61(38)65-52-27-12-6-21-43(52)44-22-7-13-28-53(44)65)66-54-29-14-9-24-46(54)50-34-33-49-45-23-8-11-26-51(45)64(58(49)59(50)66)42-20-16-19-40(35-42)39-17-4-3-5-18-39/h3-9,11-24,26-38,60,62H,2,10,25H2,1H3. The van der Waals surface area contributed by atoms with Crippen LogP contribution in [0.4, 0.5) is 0 Å². The van der Waals surface area contributed by atoms with Crippen LogP contribution in [0.25, 0.3) is 105 Å². The monoisotopic (exact) mass is 863 g/mol. The molecule has 1 N–H and O–H groups in total. The van der Waals surface area contributed by atoms with Crippen LogP contribution in [0.5, 0.6) is 0 Å². The molecule has 0 saturated heterocycles. The van der Waals surface area contributed by atoms with Gasteiger partial charge in [0, 0.05) is 60.4 Å². The molecule has 2 unspecified atom stereocenters. The Kier molecular flexibility index (Phi) is 8.41. The van der Waals surface area contributed by atoms with Gasteiger partial charge in [0.05, 0.1) is 33.1 Å². The van der Waals surface area contributed by atoms with Crippen molar-refractivity contribution in [1.29, 1.82) is 0 Å². The summed E-state index contributed by atoms with van der Waals surface area (Å²) in [7, 11) is 0. The van der Waals surface area contributed by atoms with E-state index >= 15 is 0 Å². The van der Waals surface area contributed by atoms with Gasteiger partial charge < -0.3 is 14.3 Å². The molecule has 0 bridgehead atoms. The van der Waals surface area contributed by atoms with Crippen molar-refractivity contribution in [3.8, 4) is 16.8 Å². The number of nitrogens with one attached hydrogen (secondary N) is 1. The molecule has 320 valence electrons. The van der Waals surface area contributed by atoms with E-state index in [0.29, 0.717) is 0 Å². The maximum atomic E-state index is 6.60. The summed E-state index contributed by atoms with van der Waals surface area (Å²) in [6.07, 6.45) is 9.19. The molecule has 6 nitrogen and oxygen atoms in total. The van der Waals surface area contributed by atoms with Gasteiger partial charge in [0.1, 0.15) is 29.2 Å². The van der Waals surface area contributed by atoms with Crippen LogP contribution in [-0.2, 0) is 6.42 Å². The van der Waals surface area contributed by atoms with Crippen LogP contribution in [-0.4, -0.2) is 19.5 Å². The van der Waals surface area contributed by atoms with Crippen LogP contribution in [0.1, 0.15) is 42.8 Å². The van der Waals surface area contributed by atoms with Crippen molar-refractivity contribution < 1.29 is 4.42 Å². The fourth-order valence-electron chi connectivity index (χ4n) is 11.3. The number of fused-ring (bicyclic) bond motifs is 13. The van der Waals surface area contributed by atoms with E-state index in [1.54, 1.807) is 0 Å². The van der Waals surface area contributed by atoms with Crippen LogP contribution < -0.4 is 5.32 Å². The zero-order valence-electron chi connectivity index (χ0n) is 37.0. The van der Waals surface area contributed by atoms with E-state index in [4.69, 9.17) is 9.41 Å². The molecule has 14 rings (SSSR count). The quantitative estimate of drug-likeness (QED) is 0.187. The van der Waals surface area contributed by atoms with Crippen LogP contribution in [0, 0.1) is 5.92 Å². The summed E-state index contributed by atoms with van der Waals surface area (Å²) >= 11 is 0. The van der Waals surface area contributed by atoms with Crippen LogP contribution in [0.3, 0.4) is 0 Å². The number of aromatic nitrogens is 3. The van der Waals surface area contributed by atoms with Crippen LogP contribution in [0.2, 0.25) is 0 Å². The van der Waals surface area contributed by atoms with Crippen LogP contribution in [0.15, 0.2) is 204 Å². The summed E-state index contributed by atoms with van der Waals surface area (Å²) in [5, 5.41) is 12.6. The molecule has 0 radical (unpaired) electrons. The minimum atomic E-state index is -0.455. The predicted octanol–water partition coefficient (Wildman–Crippen LogP) is 15.4. The summed E-state index contributed by atoms with van der Waals surface area (Å²) < 4.78 is 14.0. The van der Waals surface area contributed by atoms with Gasteiger partial charge in [-0.15, -0.1) is 0 Å². The molecule has 1 aliphatic heterocycles. The molecule has 8 aromatic carbocycles. The lowest BCUT2D eigenvalue weighted by molar-refractivity contribution is 0.592. The number of nitrogens with zero attached hydrogens (tertiary/aromatic N) is 4. The third-order valence-electron chi connectivity index (χ3n) is 14.4. The Hall–Kier alpha value is -8.35. The summed E-state index contributed by atoms with van der Waals surface area (Å²) in [4.78, 5) is 5.89. The van der Waals surface area contributed by atoms with E-state index in [2.05, 4.69) is 226 Å². The molecule has 0 amide bonds. The van der Waals surface area contributed by atoms with E-state index in [1.165, 1.54) is 59.9 Å². The van der Waals surface area contributed by atoms with Crippen LogP contribution >= 0.6 is 0 Å². The number of hydrogen-bond acceptors (Lipinski definition) is 3. The second-order valence-corrected chi connectivity index (χ2v) is 18.1. The van der Waals surface area contributed by atoms with Crippen molar-refractivity contribution in [3.63, 3.8) is 0 Å². The molecule has 2 aliphatic rings. The molecule has 12 aromatic rings. The number of para-hydroxylation sites is 4. The number of furan rings is 1. The molecular weight excluding hydrogens is 819 g/mol. The first-order valence-electron chi connectivity index (χ1n) is 23.6. The summed E-state index contributed by atoms with van der Waals surface area (Å²) in [5.41, 5.74) is 13.6. The Morgan fingerprint density at radius 2 is 1.13 bits per heavy atom. The number of rotatable bonds is 5. The van der Waals surface area contributed by atoms with Gasteiger partial charge in [-0.2, -0.15) is 0 Å². The lowest BCUT2D eigenvalue weighted by Gasteiger charge is -2.21. The fraction of sp³-hybridized carbons (Fsp3) is 0.0984. The smallest absolute Gasteiger partial charge is 0.147 e. The van der Waals surface area contributed by atoms with E-state index in [0.717, 1.165) is 81.1 Å². The topological polar surface area (TPSA) is 52.3 Å². The molecular formula is C61H45N5O. The van der Waals surface area contributed by atoms with Crippen molar-refractivity contribution in [3.05, 3.63) is 211 Å². The van der Waals surface area contributed by atoms with Gasteiger partial charge >= 0.3 is 0 Å². The molecule has 0 fully saturated rings. The summed E-state index contributed by atoms with van der Waals surface area (Å²) in [6.45, 7) is 2.29. The van der Waals surface area contributed by atoms with Crippen molar-refractivity contribution in [2.75, 3.05) is 0 Å². The maximum absolute atomic E-state index is 6.60. The van der Waals surface area contributed by atoms with Crippen molar-refractivity contribution >= 4 is 94.1 Å². The first kappa shape index (κ1) is 38.0. The summed E-state index contributed by atoms with van der Waals surface area (Å²) in [5.74, 6) is 2.91. The fourth-order valence-corrected chi connectivity index (χ4v) is 11.3. The largest absolute Gasteiger partial charge is 0.456 e. The molecule has 4 aromatic heterocycles. The highest BCUT2D eigenvalue weighted by Crippen LogP contribution is 2.44. The number of hydrogen-bond donors (Lipinski definition) is 1. The van der Waals surface area contributed by atoms with Gasteiger partial charge in [0.25, 0.3) is 0 Å². The molecule has 0 spiro atoms. The Morgan fingerprint density at radius 3 is 1.82 bits per heavy atom. The third-order valence-corrected chi connectivity index (χ3v) is 14.4. The Morgan fingerprint density at radius 1 is 0.552 bits per heavy atom. The highest BCUT2D eigenvalue weighted by atomic mass is 16.3. The average molecular weight is 864 g/mol. The Bertz CT molecular complexity index is 4020. The zero-order valence-corrected chi connectivity index (χ0v) is 37.0. The Labute approximate surface area is 387 Å². The summed E-state index contributed by atoms with van der Waals surface area (Å²) in [6, 6.07) is 66.3. The highest BCUT2D eigenvalue weighted by molar-refractivity contribution is 6.24. The predicted molar refractivity (Wildman–Crippen MR) is 279 cm³/mol. The molecule has 1 aliphatic carbocycles. The highest BCUT2D eigenvalue weighted by Gasteiger charge is 2.30. The number of allylic oxidation sites excluding steroid dienone is 2. The van der Waals surface area contributed by atoms with Gasteiger partial charge in [-0.1, -0.05) is 153 Å². The minimum Gasteiger partial charge on any atom is -0.456 e. The first-order valence-corrected chi connectivity index (χ1v) is 23.6. The lowest BCUT2D eigenvalue weighted by atomic mass is 10.00. The molecule has 6 heteroatoms. The number of aliphatic imine (C=N–C) groups is 1. The molecule has 67 heavy (non-hydrogen) atoms. The molecule has 5 heterocycles. The SMILES string of the molecule is CCC1C=C(n2c3ccccc3c3ccc4c5ccccc5n(-c5cccc(-c6ccccc6)c5)c4c32)NC(c2ccc3c4c(oc3c2)C=CCC4)N=C1n1c2ccccc2c2ccccc21. The molecule has 0 saturated carbocycles. The van der Waals surface area contributed by atoms with Gasteiger partial charge in [0.15, 0.2) is 0 Å². The first-order chi connectivity index (χ1) is 33.2. The molecule has 2 atom stereocenters. The second-order valence-electron chi connectivity index (χ2n) is 18.1. The number of benzene rings is 8. The zero-order chi connectivity index (χ0) is 44.2. The van der Waals surface area contributed by atoms with Gasteiger partial charge in [-0.25, -0.2) is 4.99 Å². The minimum absolute atomic E-state index is 0.0552. The normalized spacial score (nSPS) is 16.3. The maximum Gasteiger partial charge on any atom is 0.147 e. The second kappa shape index (κ2) is 14.8. The van der Waals surface area contributed by atoms with E-state index in [9.17, 15) is 0 Å². The van der Waals surface area contributed by atoms with Gasteiger partial charge in [0.2, 0.25) is 0 Å². The Balaban J connectivity index is 1.07. The van der Waals surface area contributed by atoms with Gasteiger partial charge in [-0.3, -0.25) is 9.13 Å². The third kappa shape index (κ3) is 5.72. The lowest BCUT2D eigenvalue weighted by Crippen LogP contribution is -2.23. The van der Waals surface area contributed by atoms with E-state index in [1.807, 2.05) is 0 Å². The average Bonchev–Trinajstić information content (AvgIpc) is 4.10. The van der Waals surface area contributed by atoms with Gasteiger partial charge in [-0.05, 0) is 85.0 Å². The van der Waals surface area contributed by atoms with Crippen molar-refractivity contribution in [2.24, 2.45) is 10.9 Å². The van der Waals surface area contributed by atoms with E-state index in [-0.39, 0.29) is 5.92 Å².